The summed E-state index contributed by atoms with van der Waals surface area (Å²) in [7, 11) is 0. The summed E-state index contributed by atoms with van der Waals surface area (Å²) in [5.74, 6) is -0.442. The van der Waals surface area contributed by atoms with Crippen LogP contribution in [0.4, 0.5) is 23.7 Å². The van der Waals surface area contributed by atoms with E-state index in [4.69, 9.17) is 4.74 Å². The number of rotatable bonds is 2. The second-order valence-corrected chi connectivity index (χ2v) is 6.90. The lowest BCUT2D eigenvalue weighted by Crippen LogP contribution is -2.45. The van der Waals surface area contributed by atoms with Crippen LogP contribution in [0, 0.1) is 0 Å². The average Bonchev–Trinajstić information content (AvgIpc) is 2.94. The van der Waals surface area contributed by atoms with E-state index >= 15 is 0 Å². The normalized spacial score (nSPS) is 18.2. The number of anilines is 1. The third kappa shape index (κ3) is 5.11. The number of likely N-dealkylation sites (tertiary alicyclic amines) is 1. The largest absolute Gasteiger partial charge is 0.444 e. The molecule has 2 amide bonds. The van der Waals surface area contributed by atoms with Gasteiger partial charge in [-0.2, -0.15) is 13.2 Å². The van der Waals surface area contributed by atoms with Crippen LogP contribution >= 0.6 is 0 Å². The van der Waals surface area contributed by atoms with Crippen molar-refractivity contribution in [1.82, 2.24) is 4.90 Å². The third-order valence-electron chi connectivity index (χ3n) is 3.66. The van der Waals surface area contributed by atoms with Gasteiger partial charge in [0.05, 0.1) is 5.56 Å². The van der Waals surface area contributed by atoms with Crippen LogP contribution in [-0.4, -0.2) is 35.1 Å². The highest BCUT2D eigenvalue weighted by molar-refractivity contribution is 5.96. The Labute approximate surface area is 144 Å². The number of ether oxygens (including phenoxy) is 1. The Morgan fingerprint density at radius 2 is 1.76 bits per heavy atom. The molecule has 1 saturated heterocycles. The first-order valence-electron chi connectivity index (χ1n) is 7.95. The van der Waals surface area contributed by atoms with Crippen molar-refractivity contribution in [2.24, 2.45) is 0 Å². The van der Waals surface area contributed by atoms with Gasteiger partial charge in [-0.15, -0.1) is 0 Å². The molecule has 1 aromatic carbocycles. The molecule has 0 spiro atoms. The Balaban J connectivity index is 2.03. The lowest BCUT2D eigenvalue weighted by molar-refractivity contribution is -0.137. The molecule has 0 unspecified atom stereocenters. The van der Waals surface area contributed by atoms with Gasteiger partial charge in [-0.25, -0.2) is 4.79 Å². The summed E-state index contributed by atoms with van der Waals surface area (Å²) in [4.78, 5) is 25.9. The molecule has 8 heteroatoms. The fourth-order valence-corrected chi connectivity index (χ4v) is 2.55. The van der Waals surface area contributed by atoms with Gasteiger partial charge in [0, 0.05) is 12.2 Å². The van der Waals surface area contributed by atoms with Gasteiger partial charge in [0.25, 0.3) is 0 Å². The maximum atomic E-state index is 12.6. The molecule has 1 N–H and O–H groups in total. The van der Waals surface area contributed by atoms with E-state index in [1.165, 1.54) is 17.0 Å². The molecule has 1 fully saturated rings. The summed E-state index contributed by atoms with van der Waals surface area (Å²) in [5, 5.41) is 2.55. The highest BCUT2D eigenvalue weighted by Gasteiger charge is 2.36. The zero-order chi connectivity index (χ0) is 18.8. The molecule has 0 aliphatic carbocycles. The Morgan fingerprint density at radius 1 is 1.16 bits per heavy atom. The molecule has 1 aliphatic rings. The maximum Gasteiger partial charge on any atom is 0.416 e. The molecule has 2 rings (SSSR count). The van der Waals surface area contributed by atoms with E-state index < -0.39 is 35.4 Å². The van der Waals surface area contributed by atoms with Crippen molar-refractivity contribution in [1.29, 1.82) is 0 Å². The molecule has 0 saturated carbocycles. The molecule has 5 nitrogen and oxygen atoms in total. The van der Waals surface area contributed by atoms with Gasteiger partial charge in [0.15, 0.2) is 0 Å². The minimum Gasteiger partial charge on any atom is -0.444 e. The number of nitrogens with one attached hydrogen (secondary N) is 1. The van der Waals surface area contributed by atoms with Gasteiger partial charge >= 0.3 is 12.3 Å². The van der Waals surface area contributed by atoms with E-state index in [0.29, 0.717) is 19.4 Å². The predicted molar refractivity (Wildman–Crippen MR) is 86.0 cm³/mol. The van der Waals surface area contributed by atoms with Gasteiger partial charge in [0.2, 0.25) is 5.91 Å². The molecular weight excluding hydrogens is 337 g/mol. The van der Waals surface area contributed by atoms with E-state index in [2.05, 4.69) is 5.32 Å². The summed E-state index contributed by atoms with van der Waals surface area (Å²) >= 11 is 0. The maximum absolute atomic E-state index is 12.6. The lowest BCUT2D eigenvalue weighted by atomic mass is 10.1. The van der Waals surface area contributed by atoms with Gasteiger partial charge in [0.1, 0.15) is 11.6 Å². The third-order valence-corrected chi connectivity index (χ3v) is 3.66. The molecule has 1 aliphatic heterocycles. The fraction of sp³-hybridized carbons (Fsp3) is 0.529. The number of nitrogens with zero attached hydrogens (tertiary/aromatic N) is 1. The van der Waals surface area contributed by atoms with Crippen molar-refractivity contribution in [2.75, 3.05) is 11.9 Å². The van der Waals surface area contributed by atoms with Crippen LogP contribution in [0.15, 0.2) is 24.3 Å². The quantitative estimate of drug-likeness (QED) is 0.868. The number of alkyl halides is 3. The zero-order valence-corrected chi connectivity index (χ0v) is 14.3. The van der Waals surface area contributed by atoms with Crippen molar-refractivity contribution in [3.8, 4) is 0 Å². The van der Waals surface area contributed by atoms with Crippen molar-refractivity contribution in [2.45, 2.75) is 51.4 Å². The first-order valence-corrected chi connectivity index (χ1v) is 7.95. The van der Waals surface area contributed by atoms with E-state index in [-0.39, 0.29) is 5.69 Å². The first-order chi connectivity index (χ1) is 11.5. The Morgan fingerprint density at radius 3 is 2.28 bits per heavy atom. The van der Waals surface area contributed by atoms with Crippen LogP contribution in [0.25, 0.3) is 0 Å². The molecule has 138 valence electrons. The highest BCUT2D eigenvalue weighted by Crippen LogP contribution is 2.30. The second kappa shape index (κ2) is 6.93. The number of hydrogen-bond donors (Lipinski definition) is 1. The zero-order valence-electron chi connectivity index (χ0n) is 14.3. The molecular formula is C17H21F3N2O3. The number of amides is 2. The van der Waals surface area contributed by atoms with E-state index in [1.54, 1.807) is 20.8 Å². The summed E-state index contributed by atoms with van der Waals surface area (Å²) < 4.78 is 43.0. The van der Waals surface area contributed by atoms with Crippen LogP contribution < -0.4 is 5.32 Å². The standard InChI is InChI=1S/C17H21F3N2O3/c1-16(2,3)25-15(24)22-10-4-5-13(22)14(23)21-12-8-6-11(7-9-12)17(18,19)20/h6-9,13H,4-5,10H2,1-3H3,(H,21,23)/t13-/m1/s1. The average molecular weight is 358 g/mol. The molecule has 1 atom stereocenters. The number of carbonyl (C=O) groups excluding carboxylic acids is 2. The minimum absolute atomic E-state index is 0.244. The lowest BCUT2D eigenvalue weighted by Gasteiger charge is -2.28. The van der Waals surface area contributed by atoms with Gasteiger partial charge in [-0.3, -0.25) is 9.69 Å². The number of hydrogen-bond acceptors (Lipinski definition) is 3. The monoisotopic (exact) mass is 358 g/mol. The number of carbonyl (C=O) groups is 2. The minimum atomic E-state index is -4.43. The van der Waals surface area contributed by atoms with Crippen molar-refractivity contribution >= 4 is 17.7 Å². The molecule has 0 aromatic heterocycles. The van der Waals surface area contributed by atoms with Crippen molar-refractivity contribution in [3.05, 3.63) is 29.8 Å². The smallest absolute Gasteiger partial charge is 0.416 e. The fourth-order valence-electron chi connectivity index (χ4n) is 2.55. The van der Waals surface area contributed by atoms with E-state index in [9.17, 15) is 22.8 Å². The van der Waals surface area contributed by atoms with Crippen molar-refractivity contribution < 1.29 is 27.5 Å². The Bertz CT molecular complexity index is 636. The summed E-state index contributed by atoms with van der Waals surface area (Å²) in [6, 6.07) is 3.48. The summed E-state index contributed by atoms with van der Waals surface area (Å²) in [6.07, 6.45) is -3.87. The van der Waals surface area contributed by atoms with Gasteiger partial charge in [-0.05, 0) is 57.9 Å². The van der Waals surface area contributed by atoms with Gasteiger partial charge < -0.3 is 10.1 Å². The topological polar surface area (TPSA) is 58.6 Å². The van der Waals surface area contributed by atoms with E-state index in [0.717, 1.165) is 12.1 Å². The van der Waals surface area contributed by atoms with Crippen LogP contribution in [0.2, 0.25) is 0 Å². The molecule has 1 heterocycles. The summed E-state index contributed by atoms with van der Waals surface area (Å²) in [5.41, 5.74) is -1.22. The van der Waals surface area contributed by atoms with Gasteiger partial charge in [-0.1, -0.05) is 0 Å². The molecule has 25 heavy (non-hydrogen) atoms. The second-order valence-electron chi connectivity index (χ2n) is 6.90. The first kappa shape index (κ1) is 19.1. The predicted octanol–water partition coefficient (Wildman–Crippen LogP) is 4.04. The molecule has 0 bridgehead atoms. The van der Waals surface area contributed by atoms with Crippen LogP contribution in [0.1, 0.15) is 39.2 Å². The van der Waals surface area contributed by atoms with Crippen molar-refractivity contribution in [3.63, 3.8) is 0 Å². The van der Waals surface area contributed by atoms with Crippen LogP contribution in [-0.2, 0) is 15.7 Å². The Kier molecular flexibility index (Phi) is 5.29. The van der Waals surface area contributed by atoms with E-state index in [1.807, 2.05) is 0 Å². The SMILES string of the molecule is CC(C)(C)OC(=O)N1CCC[C@@H]1C(=O)Nc1ccc(C(F)(F)F)cc1. The molecule has 1 aromatic rings. The van der Waals surface area contributed by atoms with Crippen LogP contribution in [0.3, 0.4) is 0 Å². The number of halogens is 3. The number of benzene rings is 1. The Hall–Kier alpha value is -2.25. The highest BCUT2D eigenvalue weighted by atomic mass is 19.4. The summed E-state index contributed by atoms with van der Waals surface area (Å²) in [6.45, 7) is 5.61. The molecule has 0 radical (unpaired) electrons. The van der Waals surface area contributed by atoms with Crippen LogP contribution in [0.5, 0.6) is 0 Å².